The number of rotatable bonds is 7. The molecule has 21 heavy (non-hydrogen) atoms. The summed E-state index contributed by atoms with van der Waals surface area (Å²) in [6, 6.07) is 9.96. The number of hydrogen-bond donors (Lipinski definition) is 1. The topological polar surface area (TPSA) is 63.2 Å². The molecule has 1 N–H and O–H groups in total. The predicted octanol–water partition coefficient (Wildman–Crippen LogP) is 1.95. The Morgan fingerprint density at radius 2 is 2.00 bits per heavy atom. The van der Waals surface area contributed by atoms with Gasteiger partial charge in [0.25, 0.3) is 0 Å². The molecule has 0 saturated carbocycles. The van der Waals surface area contributed by atoms with Gasteiger partial charge in [0.2, 0.25) is 5.91 Å². The van der Waals surface area contributed by atoms with Crippen molar-refractivity contribution in [2.24, 2.45) is 5.92 Å². The molecule has 1 atom stereocenters. The zero-order chi connectivity index (χ0) is 15.1. The summed E-state index contributed by atoms with van der Waals surface area (Å²) in [5.74, 6) is 1.02. The molecule has 1 amide bonds. The van der Waals surface area contributed by atoms with Gasteiger partial charge in [-0.05, 0) is 37.2 Å². The second-order valence-electron chi connectivity index (χ2n) is 5.75. The maximum atomic E-state index is 11.7. The minimum absolute atomic E-state index is 0.0675. The standard InChI is InChI=1S/C16H23NO3S/c18-16(9-8-14-5-2-1-3-6-14)17-11-4-7-15-10-12-21(19,20)13-15/h1-3,5-6,15H,4,7-13H2,(H,17,18). The van der Waals surface area contributed by atoms with Gasteiger partial charge >= 0.3 is 0 Å². The quantitative estimate of drug-likeness (QED) is 0.783. The van der Waals surface area contributed by atoms with Crippen molar-refractivity contribution in [3.63, 3.8) is 0 Å². The Balaban J connectivity index is 1.55. The first-order valence-electron chi connectivity index (χ1n) is 7.56. The molecule has 1 heterocycles. The molecule has 0 aromatic heterocycles. The lowest BCUT2D eigenvalue weighted by Gasteiger charge is -2.08. The van der Waals surface area contributed by atoms with Crippen LogP contribution in [0.15, 0.2) is 30.3 Å². The molecule has 0 aliphatic carbocycles. The summed E-state index contributed by atoms with van der Waals surface area (Å²) < 4.78 is 22.7. The Morgan fingerprint density at radius 1 is 1.24 bits per heavy atom. The van der Waals surface area contributed by atoms with Crippen LogP contribution < -0.4 is 5.32 Å². The van der Waals surface area contributed by atoms with Crippen molar-refractivity contribution in [3.05, 3.63) is 35.9 Å². The average Bonchev–Trinajstić information content (AvgIpc) is 2.82. The Labute approximate surface area is 126 Å². The zero-order valence-corrected chi connectivity index (χ0v) is 13.1. The van der Waals surface area contributed by atoms with Crippen LogP contribution in [0.2, 0.25) is 0 Å². The molecular formula is C16H23NO3S. The smallest absolute Gasteiger partial charge is 0.220 e. The first-order chi connectivity index (χ1) is 10.1. The van der Waals surface area contributed by atoms with Crippen molar-refractivity contribution in [1.29, 1.82) is 0 Å². The third kappa shape index (κ3) is 5.87. The summed E-state index contributed by atoms with van der Waals surface area (Å²) in [6.45, 7) is 0.643. The Hall–Kier alpha value is -1.36. The van der Waals surface area contributed by atoms with Gasteiger partial charge in [0.15, 0.2) is 9.84 Å². The Kier molecular flexibility index (Phi) is 5.79. The van der Waals surface area contributed by atoms with Gasteiger partial charge in [-0.1, -0.05) is 30.3 Å². The van der Waals surface area contributed by atoms with E-state index in [0.717, 1.165) is 25.7 Å². The second kappa shape index (κ2) is 7.59. The van der Waals surface area contributed by atoms with Crippen LogP contribution in [0.5, 0.6) is 0 Å². The van der Waals surface area contributed by atoms with E-state index < -0.39 is 9.84 Å². The van der Waals surface area contributed by atoms with Crippen molar-refractivity contribution >= 4 is 15.7 Å². The van der Waals surface area contributed by atoms with Gasteiger partial charge in [-0.25, -0.2) is 8.42 Å². The van der Waals surface area contributed by atoms with Crippen molar-refractivity contribution in [2.45, 2.75) is 32.1 Å². The number of aryl methyl sites for hydroxylation is 1. The number of carbonyl (C=O) groups excluding carboxylic acids is 1. The number of nitrogens with one attached hydrogen (secondary N) is 1. The van der Waals surface area contributed by atoms with Crippen LogP contribution in [0, 0.1) is 5.92 Å². The van der Waals surface area contributed by atoms with Gasteiger partial charge in [0, 0.05) is 13.0 Å². The SMILES string of the molecule is O=C(CCc1ccccc1)NCCCC1CCS(=O)(=O)C1. The highest BCUT2D eigenvalue weighted by Crippen LogP contribution is 2.22. The van der Waals surface area contributed by atoms with Gasteiger partial charge in [-0.2, -0.15) is 0 Å². The third-order valence-corrected chi connectivity index (χ3v) is 5.76. The highest BCUT2D eigenvalue weighted by molar-refractivity contribution is 7.91. The van der Waals surface area contributed by atoms with Crippen LogP contribution in [0.1, 0.15) is 31.2 Å². The lowest BCUT2D eigenvalue weighted by atomic mass is 10.0. The van der Waals surface area contributed by atoms with Crippen LogP contribution in [0.3, 0.4) is 0 Å². The summed E-state index contributed by atoms with van der Waals surface area (Å²) >= 11 is 0. The number of amides is 1. The molecule has 1 aliphatic heterocycles. The molecule has 1 aromatic rings. The molecule has 1 unspecified atom stereocenters. The molecule has 0 bridgehead atoms. The zero-order valence-electron chi connectivity index (χ0n) is 12.3. The fourth-order valence-electron chi connectivity index (χ4n) is 2.71. The van der Waals surface area contributed by atoms with E-state index in [0.29, 0.717) is 24.5 Å². The summed E-state index contributed by atoms with van der Waals surface area (Å²) in [5.41, 5.74) is 1.17. The van der Waals surface area contributed by atoms with Crippen molar-refractivity contribution in [2.75, 3.05) is 18.1 Å². The van der Waals surface area contributed by atoms with Crippen LogP contribution in [-0.2, 0) is 21.1 Å². The van der Waals surface area contributed by atoms with E-state index in [9.17, 15) is 13.2 Å². The van der Waals surface area contributed by atoms with E-state index in [1.54, 1.807) is 0 Å². The lowest BCUT2D eigenvalue weighted by Crippen LogP contribution is -2.25. The van der Waals surface area contributed by atoms with Crippen LogP contribution in [0.4, 0.5) is 0 Å². The largest absolute Gasteiger partial charge is 0.356 e. The van der Waals surface area contributed by atoms with E-state index in [1.165, 1.54) is 5.56 Å². The van der Waals surface area contributed by atoms with Crippen molar-refractivity contribution in [3.8, 4) is 0 Å². The van der Waals surface area contributed by atoms with Crippen LogP contribution in [0.25, 0.3) is 0 Å². The molecular weight excluding hydrogens is 286 g/mol. The van der Waals surface area contributed by atoms with E-state index in [-0.39, 0.29) is 11.8 Å². The first-order valence-corrected chi connectivity index (χ1v) is 9.38. The van der Waals surface area contributed by atoms with Gasteiger partial charge in [0.1, 0.15) is 0 Å². The number of sulfone groups is 1. The highest BCUT2D eigenvalue weighted by Gasteiger charge is 2.27. The van der Waals surface area contributed by atoms with Crippen molar-refractivity contribution < 1.29 is 13.2 Å². The van der Waals surface area contributed by atoms with E-state index in [1.807, 2.05) is 30.3 Å². The fourth-order valence-corrected chi connectivity index (χ4v) is 4.62. The molecule has 116 valence electrons. The van der Waals surface area contributed by atoms with E-state index in [2.05, 4.69) is 5.32 Å². The third-order valence-electron chi connectivity index (χ3n) is 3.92. The molecule has 1 saturated heterocycles. The summed E-state index contributed by atoms with van der Waals surface area (Å²) in [7, 11) is -2.78. The molecule has 4 nitrogen and oxygen atoms in total. The molecule has 1 fully saturated rings. The normalized spacial score (nSPS) is 20.3. The average molecular weight is 309 g/mol. The Morgan fingerprint density at radius 3 is 2.67 bits per heavy atom. The lowest BCUT2D eigenvalue weighted by molar-refractivity contribution is -0.121. The molecule has 5 heteroatoms. The van der Waals surface area contributed by atoms with Gasteiger partial charge < -0.3 is 5.32 Å². The van der Waals surface area contributed by atoms with E-state index >= 15 is 0 Å². The summed E-state index contributed by atoms with van der Waals surface area (Å²) in [6.07, 6.45) is 3.79. The van der Waals surface area contributed by atoms with Crippen molar-refractivity contribution in [1.82, 2.24) is 5.32 Å². The van der Waals surface area contributed by atoms with E-state index in [4.69, 9.17) is 0 Å². The molecule has 0 spiro atoms. The minimum atomic E-state index is -2.78. The number of carbonyl (C=O) groups is 1. The number of hydrogen-bond acceptors (Lipinski definition) is 3. The Bertz CT molecular complexity index is 554. The second-order valence-corrected chi connectivity index (χ2v) is 7.98. The summed E-state index contributed by atoms with van der Waals surface area (Å²) in [4.78, 5) is 11.7. The number of benzene rings is 1. The molecule has 1 aromatic carbocycles. The molecule has 1 aliphatic rings. The monoisotopic (exact) mass is 309 g/mol. The van der Waals surface area contributed by atoms with Gasteiger partial charge in [-0.15, -0.1) is 0 Å². The minimum Gasteiger partial charge on any atom is -0.356 e. The van der Waals surface area contributed by atoms with Gasteiger partial charge in [0.05, 0.1) is 11.5 Å². The highest BCUT2D eigenvalue weighted by atomic mass is 32.2. The van der Waals surface area contributed by atoms with Crippen LogP contribution >= 0.6 is 0 Å². The van der Waals surface area contributed by atoms with Gasteiger partial charge in [-0.3, -0.25) is 4.79 Å². The molecule has 0 radical (unpaired) electrons. The fraction of sp³-hybridized carbons (Fsp3) is 0.562. The maximum Gasteiger partial charge on any atom is 0.220 e. The van der Waals surface area contributed by atoms with Crippen LogP contribution in [-0.4, -0.2) is 32.4 Å². The predicted molar refractivity (Wildman–Crippen MR) is 83.8 cm³/mol. The first kappa shape index (κ1) is 16.0. The summed E-state index contributed by atoms with van der Waals surface area (Å²) in [5, 5.41) is 2.91. The molecule has 2 rings (SSSR count). The maximum absolute atomic E-state index is 11.7.